The summed E-state index contributed by atoms with van der Waals surface area (Å²) in [6, 6.07) is -0.934. The molecule has 0 aromatic heterocycles. The molecule has 0 radical (unpaired) electrons. The highest BCUT2D eigenvalue weighted by Gasteiger charge is 2.48. The first-order chi connectivity index (χ1) is 12.7. The summed E-state index contributed by atoms with van der Waals surface area (Å²) in [7, 11) is 1.94. The van der Waals surface area contributed by atoms with E-state index in [-0.39, 0.29) is 11.9 Å². The molecule has 2 fully saturated rings. The van der Waals surface area contributed by atoms with Crippen molar-refractivity contribution in [3.8, 4) is 0 Å². The Morgan fingerprint density at radius 2 is 2.00 bits per heavy atom. The quantitative estimate of drug-likeness (QED) is 0.438. The monoisotopic (exact) mass is 424 g/mol. The van der Waals surface area contributed by atoms with Crippen LogP contribution in [0.25, 0.3) is 0 Å². The molecule has 2 heterocycles. The van der Waals surface area contributed by atoms with Gasteiger partial charge in [0, 0.05) is 6.54 Å². The number of alkyl halides is 1. The van der Waals surface area contributed by atoms with Crippen molar-refractivity contribution in [2.45, 2.75) is 80.4 Å². The fraction of sp³-hybridized carbons (Fsp3) is 0.944. The number of halogens is 1. The van der Waals surface area contributed by atoms with E-state index in [9.17, 15) is 20.1 Å². The third kappa shape index (κ3) is 5.29. The second-order valence-corrected chi connectivity index (χ2v) is 9.36. The van der Waals surface area contributed by atoms with Crippen molar-refractivity contribution in [1.82, 2.24) is 10.2 Å². The van der Waals surface area contributed by atoms with Gasteiger partial charge in [0.1, 0.15) is 29.9 Å². The van der Waals surface area contributed by atoms with E-state index in [0.717, 1.165) is 25.8 Å². The average Bonchev–Trinajstić information content (AvgIpc) is 2.99. The van der Waals surface area contributed by atoms with E-state index in [2.05, 4.69) is 12.2 Å². The van der Waals surface area contributed by atoms with Crippen molar-refractivity contribution in [1.29, 1.82) is 0 Å². The van der Waals surface area contributed by atoms with Crippen molar-refractivity contribution in [2.75, 3.05) is 19.8 Å². The van der Waals surface area contributed by atoms with Gasteiger partial charge in [-0.05, 0) is 39.0 Å². The van der Waals surface area contributed by atoms with Crippen molar-refractivity contribution in [2.24, 2.45) is 5.92 Å². The normalized spacial score (nSPS) is 39.9. The van der Waals surface area contributed by atoms with Gasteiger partial charge in [-0.3, -0.25) is 9.69 Å². The highest BCUT2D eigenvalue weighted by Crippen LogP contribution is 2.31. The van der Waals surface area contributed by atoms with Crippen molar-refractivity contribution in [3.63, 3.8) is 0 Å². The number of thioether (sulfide) groups is 1. The molecule has 158 valence electrons. The first-order valence-corrected chi connectivity index (χ1v) is 11.3. The third-order valence-corrected chi connectivity index (χ3v) is 6.76. The van der Waals surface area contributed by atoms with Crippen LogP contribution < -0.4 is 5.32 Å². The first-order valence-electron chi connectivity index (χ1n) is 9.58. The van der Waals surface area contributed by atoms with Crippen LogP contribution in [0.1, 0.15) is 33.1 Å². The number of carbonyl (C=O) groups is 1. The number of likely N-dealkylation sites (tertiary alicyclic amines) is 1. The van der Waals surface area contributed by atoms with Crippen LogP contribution in [0.2, 0.25) is 0 Å². The SMILES string of the molecule is CCC[C@@H]1C[C@H](C(=O)N[C@@H]([C@H]2O[C@@H](SC)[C@@H](O)[C@@H](O)[C@H]2O)[C@@H](C)Cl)N(C)C1. The number of likely N-dealkylation sites (N-methyl/N-ethyl adjacent to an activating group) is 1. The van der Waals surface area contributed by atoms with Gasteiger partial charge in [-0.25, -0.2) is 0 Å². The molecule has 7 nitrogen and oxygen atoms in total. The average molecular weight is 425 g/mol. The van der Waals surface area contributed by atoms with Gasteiger partial charge in [-0.15, -0.1) is 23.4 Å². The molecule has 0 spiro atoms. The first kappa shape index (κ1) is 23.2. The summed E-state index contributed by atoms with van der Waals surface area (Å²) in [5.41, 5.74) is -0.702. The van der Waals surface area contributed by atoms with E-state index in [1.807, 2.05) is 11.9 Å². The zero-order valence-electron chi connectivity index (χ0n) is 16.4. The lowest BCUT2D eigenvalue weighted by Crippen LogP contribution is -2.65. The largest absolute Gasteiger partial charge is 0.388 e. The van der Waals surface area contributed by atoms with Gasteiger partial charge >= 0.3 is 0 Å². The summed E-state index contributed by atoms with van der Waals surface area (Å²) in [6.45, 7) is 4.74. The van der Waals surface area contributed by atoms with Crippen molar-refractivity contribution >= 4 is 29.3 Å². The third-order valence-electron chi connectivity index (χ3n) is 5.63. The molecule has 0 bridgehead atoms. The number of carbonyl (C=O) groups excluding carboxylic acids is 1. The van der Waals surface area contributed by atoms with E-state index in [4.69, 9.17) is 16.3 Å². The second kappa shape index (κ2) is 10.1. The van der Waals surface area contributed by atoms with Crippen LogP contribution in [0.15, 0.2) is 0 Å². The summed E-state index contributed by atoms with van der Waals surface area (Å²) in [5.74, 6) is 0.350. The van der Waals surface area contributed by atoms with Crippen LogP contribution in [0.4, 0.5) is 0 Å². The van der Waals surface area contributed by atoms with Crippen LogP contribution >= 0.6 is 23.4 Å². The predicted molar refractivity (Wildman–Crippen MR) is 107 cm³/mol. The standard InChI is InChI=1S/C18H33ClN2O5S/c1-5-6-10-7-11(21(3)8-10)17(25)20-12(9(2)19)16-14(23)13(22)15(24)18(26-16)27-4/h9-16,18,22-24H,5-8H2,1-4H3,(H,20,25)/t9-,10-,11-,12-,13+,14-,15+,16-,18+/m1/s1. The molecule has 9 heteroatoms. The minimum Gasteiger partial charge on any atom is -0.388 e. The highest BCUT2D eigenvalue weighted by atomic mass is 35.5. The Balaban J connectivity index is 2.09. The maximum atomic E-state index is 12.9. The lowest BCUT2D eigenvalue weighted by Gasteiger charge is -2.44. The van der Waals surface area contributed by atoms with E-state index in [1.54, 1.807) is 13.2 Å². The molecule has 0 aliphatic carbocycles. The number of amides is 1. The number of hydrogen-bond donors (Lipinski definition) is 4. The molecule has 9 atom stereocenters. The van der Waals surface area contributed by atoms with Crippen molar-refractivity contribution < 1.29 is 24.9 Å². The van der Waals surface area contributed by atoms with Crippen LogP contribution in [-0.2, 0) is 9.53 Å². The van der Waals surface area contributed by atoms with Gasteiger partial charge in [-0.2, -0.15) is 0 Å². The fourth-order valence-electron chi connectivity index (χ4n) is 4.11. The van der Waals surface area contributed by atoms with E-state index in [0.29, 0.717) is 5.92 Å². The Bertz CT molecular complexity index is 498. The Morgan fingerprint density at radius 3 is 2.56 bits per heavy atom. The predicted octanol–water partition coefficient (Wildman–Crippen LogP) is 0.390. The molecule has 0 aromatic rings. The Hall–Kier alpha value is -0.0900. The van der Waals surface area contributed by atoms with Gasteiger partial charge in [-0.1, -0.05) is 13.3 Å². The maximum Gasteiger partial charge on any atom is 0.237 e. The summed E-state index contributed by atoms with van der Waals surface area (Å²) in [5, 5.41) is 33.0. The van der Waals surface area contributed by atoms with E-state index in [1.165, 1.54) is 11.8 Å². The van der Waals surface area contributed by atoms with Crippen molar-refractivity contribution in [3.05, 3.63) is 0 Å². The molecule has 2 rings (SSSR count). The number of nitrogens with one attached hydrogen (secondary N) is 1. The highest BCUT2D eigenvalue weighted by molar-refractivity contribution is 7.99. The number of aliphatic hydroxyl groups excluding tert-OH is 3. The second-order valence-electron chi connectivity index (χ2n) is 7.73. The lowest BCUT2D eigenvalue weighted by atomic mass is 9.92. The molecular formula is C18H33ClN2O5S. The zero-order valence-corrected chi connectivity index (χ0v) is 18.0. The molecular weight excluding hydrogens is 392 g/mol. The lowest BCUT2D eigenvalue weighted by molar-refractivity contribution is -0.205. The van der Waals surface area contributed by atoms with Crippen LogP contribution in [0.3, 0.4) is 0 Å². The van der Waals surface area contributed by atoms with Crippen LogP contribution in [0, 0.1) is 5.92 Å². The van der Waals surface area contributed by atoms with Crippen LogP contribution in [-0.4, -0.2) is 93.3 Å². The number of rotatable bonds is 7. The Morgan fingerprint density at radius 1 is 1.33 bits per heavy atom. The molecule has 4 N–H and O–H groups in total. The summed E-state index contributed by atoms with van der Waals surface area (Å²) >= 11 is 7.55. The molecule has 2 saturated heterocycles. The molecule has 27 heavy (non-hydrogen) atoms. The number of nitrogens with zero attached hydrogens (tertiary/aromatic N) is 1. The molecule has 2 aliphatic heterocycles. The molecule has 2 aliphatic rings. The maximum absolute atomic E-state index is 12.9. The van der Waals surface area contributed by atoms with Gasteiger partial charge in [0.05, 0.1) is 17.5 Å². The topological polar surface area (TPSA) is 102 Å². The summed E-state index contributed by atoms with van der Waals surface area (Å²) in [6.07, 6.45) is -0.0980. The fourth-order valence-corrected chi connectivity index (χ4v) is 5.00. The number of ether oxygens (including phenoxy) is 1. The summed E-state index contributed by atoms with van der Waals surface area (Å²) < 4.78 is 5.79. The Kier molecular flexibility index (Phi) is 8.67. The minimum absolute atomic E-state index is 0.147. The number of hydrogen-bond acceptors (Lipinski definition) is 7. The smallest absolute Gasteiger partial charge is 0.237 e. The zero-order chi connectivity index (χ0) is 20.3. The molecule has 0 saturated carbocycles. The molecule has 1 amide bonds. The van der Waals surface area contributed by atoms with Gasteiger partial charge in [0.15, 0.2) is 0 Å². The van der Waals surface area contributed by atoms with Crippen LogP contribution in [0.5, 0.6) is 0 Å². The minimum atomic E-state index is -1.36. The van der Waals surface area contributed by atoms with Gasteiger partial charge in [0.2, 0.25) is 5.91 Å². The number of aliphatic hydroxyl groups is 3. The van der Waals surface area contributed by atoms with Gasteiger partial charge < -0.3 is 25.4 Å². The summed E-state index contributed by atoms with van der Waals surface area (Å²) in [4.78, 5) is 14.9. The molecule has 0 aromatic carbocycles. The Labute approximate surface area is 170 Å². The van der Waals surface area contributed by atoms with E-state index >= 15 is 0 Å². The van der Waals surface area contributed by atoms with E-state index < -0.39 is 41.3 Å². The van der Waals surface area contributed by atoms with Gasteiger partial charge in [0.25, 0.3) is 0 Å². The molecule has 0 unspecified atom stereocenters.